The number of hydrogen-bond donors (Lipinski definition) is 8. The molecule has 10 heteroatoms. The normalized spacial score (nSPS) is 50.0. The summed E-state index contributed by atoms with van der Waals surface area (Å²) in [6, 6.07) is -1.94. The molecule has 1 heterocycles. The van der Waals surface area contributed by atoms with Crippen LogP contribution in [-0.2, 0) is 9.47 Å². The molecule has 0 aromatic rings. The Balaban J connectivity index is 2.06. The van der Waals surface area contributed by atoms with E-state index in [1.54, 1.807) is 0 Å². The standard InChI is InChI=1S/C14H30N4O6/c1-2-18-6-3-5(16)13(12(22)9(6)19)24-14-8(17)11(21)10(20)7(4-15)23-14/h5-14,18-22H,2-4,15-17H2,1H3. The van der Waals surface area contributed by atoms with Gasteiger partial charge in [-0.15, -0.1) is 0 Å². The third kappa shape index (κ3) is 3.88. The summed E-state index contributed by atoms with van der Waals surface area (Å²) in [4.78, 5) is 0. The summed E-state index contributed by atoms with van der Waals surface area (Å²) in [7, 11) is 0. The van der Waals surface area contributed by atoms with Crippen molar-refractivity contribution in [2.75, 3.05) is 13.1 Å². The zero-order chi connectivity index (χ0) is 18.0. The molecule has 10 unspecified atom stereocenters. The van der Waals surface area contributed by atoms with Gasteiger partial charge in [0.2, 0.25) is 0 Å². The Morgan fingerprint density at radius 3 is 2.33 bits per heavy atom. The molecule has 10 nitrogen and oxygen atoms in total. The van der Waals surface area contributed by atoms with Crippen LogP contribution in [0, 0.1) is 0 Å². The first-order chi connectivity index (χ1) is 11.3. The second kappa shape index (κ2) is 8.32. The quantitative estimate of drug-likeness (QED) is 0.240. The van der Waals surface area contributed by atoms with Crippen molar-refractivity contribution in [1.29, 1.82) is 0 Å². The summed E-state index contributed by atoms with van der Waals surface area (Å²) in [5.41, 5.74) is 17.4. The van der Waals surface area contributed by atoms with Crippen LogP contribution in [0.3, 0.4) is 0 Å². The molecule has 0 aromatic carbocycles. The van der Waals surface area contributed by atoms with Gasteiger partial charge >= 0.3 is 0 Å². The maximum Gasteiger partial charge on any atom is 0.176 e. The first-order valence-electron chi connectivity index (χ1n) is 8.29. The molecule has 0 spiro atoms. The highest BCUT2D eigenvalue weighted by atomic mass is 16.7. The molecule has 0 radical (unpaired) electrons. The third-order valence-corrected chi connectivity index (χ3v) is 4.79. The van der Waals surface area contributed by atoms with Crippen LogP contribution in [0.25, 0.3) is 0 Å². The van der Waals surface area contributed by atoms with Crippen LogP contribution in [0.15, 0.2) is 0 Å². The van der Waals surface area contributed by atoms with Gasteiger partial charge in [-0.2, -0.15) is 0 Å². The van der Waals surface area contributed by atoms with Gasteiger partial charge in [-0.3, -0.25) is 0 Å². The SMILES string of the molecule is CCNC1CC(N)C(OC2OC(CN)C(O)C(O)C2N)C(O)C1O. The predicted octanol–water partition coefficient (Wildman–Crippen LogP) is -4.46. The van der Waals surface area contributed by atoms with Crippen molar-refractivity contribution in [3.63, 3.8) is 0 Å². The van der Waals surface area contributed by atoms with Gasteiger partial charge < -0.3 is 52.4 Å². The van der Waals surface area contributed by atoms with E-state index in [9.17, 15) is 20.4 Å². The van der Waals surface area contributed by atoms with Crippen molar-refractivity contribution < 1.29 is 29.9 Å². The Bertz CT molecular complexity index is 403. The third-order valence-electron chi connectivity index (χ3n) is 4.79. The van der Waals surface area contributed by atoms with Crippen LogP contribution < -0.4 is 22.5 Å². The average molecular weight is 350 g/mol. The van der Waals surface area contributed by atoms with E-state index in [0.717, 1.165) is 0 Å². The van der Waals surface area contributed by atoms with Crippen molar-refractivity contribution in [3.05, 3.63) is 0 Å². The van der Waals surface area contributed by atoms with Crippen LogP contribution in [0.1, 0.15) is 13.3 Å². The maximum absolute atomic E-state index is 10.3. The lowest BCUT2D eigenvalue weighted by molar-refractivity contribution is -0.288. The second-order valence-electron chi connectivity index (χ2n) is 6.48. The number of nitrogens with one attached hydrogen (secondary N) is 1. The molecule has 1 aliphatic carbocycles. The number of aliphatic hydroxyl groups excluding tert-OH is 4. The Hall–Kier alpha value is -0.400. The zero-order valence-corrected chi connectivity index (χ0v) is 13.7. The Morgan fingerprint density at radius 2 is 1.75 bits per heavy atom. The monoisotopic (exact) mass is 350 g/mol. The van der Waals surface area contributed by atoms with Crippen molar-refractivity contribution in [1.82, 2.24) is 5.32 Å². The predicted molar refractivity (Wildman–Crippen MR) is 84.6 cm³/mol. The maximum atomic E-state index is 10.3. The van der Waals surface area contributed by atoms with Crippen molar-refractivity contribution >= 4 is 0 Å². The molecule has 1 aliphatic heterocycles. The smallest absolute Gasteiger partial charge is 0.176 e. The topological polar surface area (TPSA) is 189 Å². The Labute approximate surface area is 140 Å². The molecule has 2 aliphatic rings. The summed E-state index contributed by atoms with van der Waals surface area (Å²) in [6.45, 7) is 2.49. The van der Waals surface area contributed by atoms with E-state index in [1.807, 2.05) is 6.92 Å². The van der Waals surface area contributed by atoms with E-state index in [4.69, 9.17) is 26.7 Å². The lowest BCUT2D eigenvalue weighted by Crippen LogP contribution is -2.67. The minimum absolute atomic E-state index is 0.0325. The Kier molecular flexibility index (Phi) is 6.90. The molecule has 10 atom stereocenters. The fourth-order valence-electron chi connectivity index (χ4n) is 3.32. The largest absolute Gasteiger partial charge is 0.389 e. The molecule has 2 rings (SSSR count). The molecule has 2 fully saturated rings. The van der Waals surface area contributed by atoms with Gasteiger partial charge in [0.15, 0.2) is 6.29 Å². The number of hydrogen-bond acceptors (Lipinski definition) is 10. The molecule has 142 valence electrons. The van der Waals surface area contributed by atoms with Crippen LogP contribution in [-0.4, -0.2) is 94.6 Å². The lowest BCUT2D eigenvalue weighted by Gasteiger charge is -2.46. The zero-order valence-electron chi connectivity index (χ0n) is 13.7. The summed E-state index contributed by atoms with van der Waals surface area (Å²) in [5, 5.41) is 43.5. The molecule has 0 bridgehead atoms. The summed E-state index contributed by atoms with van der Waals surface area (Å²) < 4.78 is 11.2. The van der Waals surface area contributed by atoms with E-state index in [-0.39, 0.29) is 12.6 Å². The number of aliphatic hydroxyl groups is 4. The summed E-state index contributed by atoms with van der Waals surface area (Å²) in [5.74, 6) is 0. The second-order valence-corrected chi connectivity index (χ2v) is 6.48. The van der Waals surface area contributed by atoms with Crippen molar-refractivity contribution in [2.24, 2.45) is 17.2 Å². The van der Waals surface area contributed by atoms with Crippen molar-refractivity contribution in [2.45, 2.75) is 74.4 Å². The van der Waals surface area contributed by atoms with E-state index in [0.29, 0.717) is 13.0 Å². The minimum Gasteiger partial charge on any atom is -0.389 e. The van der Waals surface area contributed by atoms with E-state index >= 15 is 0 Å². The van der Waals surface area contributed by atoms with Gasteiger partial charge in [0.25, 0.3) is 0 Å². The minimum atomic E-state index is -1.28. The van der Waals surface area contributed by atoms with Gasteiger partial charge in [-0.1, -0.05) is 6.92 Å². The van der Waals surface area contributed by atoms with Gasteiger partial charge in [0, 0.05) is 18.6 Å². The van der Waals surface area contributed by atoms with Crippen LogP contribution in [0.4, 0.5) is 0 Å². The lowest BCUT2D eigenvalue weighted by atomic mass is 9.84. The van der Waals surface area contributed by atoms with Gasteiger partial charge in [-0.05, 0) is 13.0 Å². The average Bonchev–Trinajstić information content (AvgIpc) is 2.56. The van der Waals surface area contributed by atoms with E-state index in [1.165, 1.54) is 0 Å². The summed E-state index contributed by atoms with van der Waals surface area (Å²) >= 11 is 0. The van der Waals surface area contributed by atoms with Crippen molar-refractivity contribution in [3.8, 4) is 0 Å². The molecular formula is C14H30N4O6. The molecule has 0 aromatic heterocycles. The molecule has 24 heavy (non-hydrogen) atoms. The highest BCUT2D eigenvalue weighted by Crippen LogP contribution is 2.27. The van der Waals surface area contributed by atoms with Crippen LogP contribution >= 0.6 is 0 Å². The molecule has 0 amide bonds. The fraction of sp³-hybridized carbons (Fsp3) is 1.00. The fourth-order valence-corrected chi connectivity index (χ4v) is 3.32. The van der Waals surface area contributed by atoms with Crippen LogP contribution in [0.5, 0.6) is 0 Å². The van der Waals surface area contributed by atoms with Crippen LogP contribution in [0.2, 0.25) is 0 Å². The van der Waals surface area contributed by atoms with Gasteiger partial charge in [0.1, 0.15) is 30.5 Å². The summed E-state index contributed by atoms with van der Waals surface area (Å²) in [6.07, 6.45) is -7.29. The highest BCUT2D eigenvalue weighted by Gasteiger charge is 2.48. The highest BCUT2D eigenvalue weighted by molar-refractivity contribution is 5.00. The molecule has 11 N–H and O–H groups in total. The van der Waals surface area contributed by atoms with Gasteiger partial charge in [0.05, 0.1) is 12.1 Å². The first kappa shape index (κ1) is 19.9. The number of likely N-dealkylation sites (N-methyl/N-ethyl adjacent to an activating group) is 1. The molecule has 1 saturated heterocycles. The number of nitrogens with two attached hydrogens (primary N) is 3. The Morgan fingerprint density at radius 1 is 1.08 bits per heavy atom. The number of ether oxygens (including phenoxy) is 2. The van der Waals surface area contributed by atoms with E-state index < -0.39 is 55.0 Å². The molecular weight excluding hydrogens is 320 g/mol. The molecule has 1 saturated carbocycles. The van der Waals surface area contributed by atoms with Gasteiger partial charge in [-0.25, -0.2) is 0 Å². The first-order valence-corrected chi connectivity index (χ1v) is 8.29. The van der Waals surface area contributed by atoms with E-state index in [2.05, 4.69) is 5.32 Å². The number of rotatable bonds is 5.